The normalized spacial score (nSPS) is 19.4. The van der Waals surface area contributed by atoms with E-state index in [2.05, 4.69) is 10.2 Å². The Labute approximate surface area is 126 Å². The summed E-state index contributed by atoms with van der Waals surface area (Å²) in [6.45, 7) is 5.02. The Morgan fingerprint density at radius 3 is 3.10 bits per heavy atom. The SMILES string of the molecule is COCC1CCCN(CC(=O)Nc2cccc(N)c2C)C1. The number of benzene rings is 1. The van der Waals surface area contributed by atoms with Crippen molar-refractivity contribution in [2.75, 3.05) is 44.4 Å². The van der Waals surface area contributed by atoms with Gasteiger partial charge in [-0.1, -0.05) is 6.07 Å². The summed E-state index contributed by atoms with van der Waals surface area (Å²) in [4.78, 5) is 14.4. The summed E-state index contributed by atoms with van der Waals surface area (Å²) in [6.07, 6.45) is 2.30. The number of amides is 1. The van der Waals surface area contributed by atoms with Crippen LogP contribution in [-0.4, -0.2) is 44.2 Å². The number of nitrogen functional groups attached to an aromatic ring is 1. The van der Waals surface area contributed by atoms with Crippen LogP contribution in [0.2, 0.25) is 0 Å². The summed E-state index contributed by atoms with van der Waals surface area (Å²) in [5.41, 5.74) is 8.27. The van der Waals surface area contributed by atoms with Crippen molar-refractivity contribution in [1.82, 2.24) is 4.90 Å². The molecule has 1 amide bonds. The number of carbonyl (C=O) groups is 1. The van der Waals surface area contributed by atoms with E-state index in [1.807, 2.05) is 25.1 Å². The van der Waals surface area contributed by atoms with Gasteiger partial charge in [0, 0.05) is 25.0 Å². The summed E-state index contributed by atoms with van der Waals surface area (Å²) >= 11 is 0. The fraction of sp³-hybridized carbons (Fsp3) is 0.562. The third-order valence-electron chi connectivity index (χ3n) is 4.02. The monoisotopic (exact) mass is 291 g/mol. The number of anilines is 2. The molecule has 0 saturated carbocycles. The molecule has 1 aliphatic heterocycles. The van der Waals surface area contributed by atoms with Gasteiger partial charge in [0.2, 0.25) is 5.91 Å². The second-order valence-corrected chi connectivity index (χ2v) is 5.77. The zero-order valence-electron chi connectivity index (χ0n) is 12.9. The van der Waals surface area contributed by atoms with E-state index in [9.17, 15) is 4.79 Å². The van der Waals surface area contributed by atoms with Crippen LogP contribution in [0.25, 0.3) is 0 Å². The minimum atomic E-state index is 0.0155. The number of nitrogens with zero attached hydrogens (tertiary/aromatic N) is 1. The van der Waals surface area contributed by atoms with Crippen molar-refractivity contribution in [3.8, 4) is 0 Å². The Hall–Kier alpha value is -1.59. The lowest BCUT2D eigenvalue weighted by Crippen LogP contribution is -2.41. The fourth-order valence-corrected chi connectivity index (χ4v) is 2.85. The minimum absolute atomic E-state index is 0.0155. The van der Waals surface area contributed by atoms with E-state index in [0.29, 0.717) is 18.2 Å². The molecule has 1 atom stereocenters. The van der Waals surface area contributed by atoms with Crippen LogP contribution in [0.3, 0.4) is 0 Å². The second kappa shape index (κ2) is 7.43. The van der Waals surface area contributed by atoms with Gasteiger partial charge >= 0.3 is 0 Å². The molecule has 21 heavy (non-hydrogen) atoms. The molecular formula is C16H25N3O2. The van der Waals surface area contributed by atoms with Crippen LogP contribution in [0.5, 0.6) is 0 Å². The highest BCUT2D eigenvalue weighted by atomic mass is 16.5. The molecule has 2 rings (SSSR count). The lowest BCUT2D eigenvalue weighted by atomic mass is 9.99. The number of hydrogen-bond acceptors (Lipinski definition) is 4. The standard InChI is InChI=1S/C16H25N3O2/c1-12-14(17)6-3-7-15(12)18-16(20)10-19-8-4-5-13(9-19)11-21-2/h3,6-7,13H,4-5,8-11,17H2,1-2H3,(H,18,20). The number of methoxy groups -OCH3 is 1. The first-order chi connectivity index (χ1) is 10.1. The zero-order chi connectivity index (χ0) is 15.2. The van der Waals surface area contributed by atoms with Crippen LogP contribution in [0.4, 0.5) is 11.4 Å². The molecule has 1 saturated heterocycles. The number of piperidine rings is 1. The highest BCUT2D eigenvalue weighted by molar-refractivity contribution is 5.93. The van der Waals surface area contributed by atoms with Crippen LogP contribution in [0, 0.1) is 12.8 Å². The molecule has 116 valence electrons. The molecule has 0 spiro atoms. The van der Waals surface area contributed by atoms with Gasteiger partial charge in [0.25, 0.3) is 0 Å². The zero-order valence-corrected chi connectivity index (χ0v) is 12.9. The Kier molecular flexibility index (Phi) is 5.59. The van der Waals surface area contributed by atoms with Crippen molar-refractivity contribution < 1.29 is 9.53 Å². The maximum atomic E-state index is 12.2. The summed E-state index contributed by atoms with van der Waals surface area (Å²) in [5, 5.41) is 2.95. The van der Waals surface area contributed by atoms with Gasteiger partial charge in [-0.3, -0.25) is 9.69 Å². The van der Waals surface area contributed by atoms with Crippen molar-refractivity contribution in [2.24, 2.45) is 5.92 Å². The highest BCUT2D eigenvalue weighted by Gasteiger charge is 2.21. The third kappa shape index (κ3) is 4.44. The van der Waals surface area contributed by atoms with Crippen LogP contribution in [0.15, 0.2) is 18.2 Å². The minimum Gasteiger partial charge on any atom is -0.398 e. The van der Waals surface area contributed by atoms with E-state index >= 15 is 0 Å². The van der Waals surface area contributed by atoms with Gasteiger partial charge in [-0.2, -0.15) is 0 Å². The van der Waals surface area contributed by atoms with Crippen molar-refractivity contribution in [3.63, 3.8) is 0 Å². The number of carbonyl (C=O) groups excluding carboxylic acids is 1. The van der Waals surface area contributed by atoms with E-state index in [-0.39, 0.29) is 5.91 Å². The van der Waals surface area contributed by atoms with E-state index < -0.39 is 0 Å². The molecule has 5 heteroatoms. The van der Waals surface area contributed by atoms with Gasteiger partial charge in [0.15, 0.2) is 0 Å². The molecule has 0 aromatic heterocycles. The Balaban J connectivity index is 1.88. The molecule has 3 N–H and O–H groups in total. The molecule has 1 aromatic carbocycles. The Morgan fingerprint density at radius 1 is 1.52 bits per heavy atom. The topological polar surface area (TPSA) is 67.6 Å². The van der Waals surface area contributed by atoms with Gasteiger partial charge < -0.3 is 15.8 Å². The number of nitrogens with two attached hydrogens (primary N) is 1. The summed E-state index contributed by atoms with van der Waals surface area (Å²) in [7, 11) is 1.73. The third-order valence-corrected chi connectivity index (χ3v) is 4.02. The van der Waals surface area contributed by atoms with Crippen molar-refractivity contribution in [1.29, 1.82) is 0 Å². The van der Waals surface area contributed by atoms with E-state index in [1.165, 1.54) is 6.42 Å². The van der Waals surface area contributed by atoms with Gasteiger partial charge in [0.05, 0.1) is 13.2 Å². The predicted molar refractivity (Wildman–Crippen MR) is 85.3 cm³/mol. The second-order valence-electron chi connectivity index (χ2n) is 5.77. The molecular weight excluding hydrogens is 266 g/mol. The van der Waals surface area contributed by atoms with Crippen molar-refractivity contribution >= 4 is 17.3 Å². The van der Waals surface area contributed by atoms with Gasteiger partial charge in [-0.05, 0) is 49.9 Å². The van der Waals surface area contributed by atoms with Crippen molar-refractivity contribution in [2.45, 2.75) is 19.8 Å². The van der Waals surface area contributed by atoms with E-state index in [1.54, 1.807) is 7.11 Å². The van der Waals surface area contributed by atoms with Gasteiger partial charge in [0.1, 0.15) is 0 Å². The maximum Gasteiger partial charge on any atom is 0.238 e. The molecule has 0 aliphatic carbocycles. The largest absolute Gasteiger partial charge is 0.398 e. The molecule has 1 aromatic rings. The van der Waals surface area contributed by atoms with Crippen LogP contribution >= 0.6 is 0 Å². The number of rotatable bonds is 5. The summed E-state index contributed by atoms with van der Waals surface area (Å²) in [5.74, 6) is 0.549. The number of ether oxygens (including phenoxy) is 1. The Bertz CT molecular complexity index is 488. The maximum absolute atomic E-state index is 12.2. The first-order valence-corrected chi connectivity index (χ1v) is 7.46. The molecule has 5 nitrogen and oxygen atoms in total. The average Bonchev–Trinajstić information content (AvgIpc) is 2.44. The van der Waals surface area contributed by atoms with Crippen LogP contribution < -0.4 is 11.1 Å². The molecule has 0 bridgehead atoms. The lowest BCUT2D eigenvalue weighted by molar-refractivity contribution is -0.117. The Morgan fingerprint density at radius 2 is 2.33 bits per heavy atom. The quantitative estimate of drug-likeness (QED) is 0.813. The summed E-state index contributed by atoms with van der Waals surface area (Å²) < 4.78 is 5.22. The van der Waals surface area contributed by atoms with Gasteiger partial charge in [-0.15, -0.1) is 0 Å². The average molecular weight is 291 g/mol. The molecule has 1 aliphatic rings. The summed E-state index contributed by atoms with van der Waals surface area (Å²) in [6, 6.07) is 5.58. The first kappa shape index (κ1) is 15.8. The number of hydrogen-bond donors (Lipinski definition) is 2. The van der Waals surface area contributed by atoms with E-state index in [0.717, 1.165) is 37.4 Å². The fourth-order valence-electron chi connectivity index (χ4n) is 2.85. The molecule has 1 unspecified atom stereocenters. The van der Waals surface area contributed by atoms with Gasteiger partial charge in [-0.25, -0.2) is 0 Å². The first-order valence-electron chi connectivity index (χ1n) is 7.46. The van der Waals surface area contributed by atoms with E-state index in [4.69, 9.17) is 10.5 Å². The number of likely N-dealkylation sites (tertiary alicyclic amines) is 1. The predicted octanol–water partition coefficient (Wildman–Crippen LogP) is 1.87. The molecule has 0 radical (unpaired) electrons. The van der Waals surface area contributed by atoms with Crippen molar-refractivity contribution in [3.05, 3.63) is 23.8 Å². The highest BCUT2D eigenvalue weighted by Crippen LogP contribution is 2.21. The molecule has 1 heterocycles. The van der Waals surface area contributed by atoms with Crippen LogP contribution in [-0.2, 0) is 9.53 Å². The number of nitrogens with one attached hydrogen (secondary N) is 1. The molecule has 1 fully saturated rings. The smallest absolute Gasteiger partial charge is 0.238 e. The van der Waals surface area contributed by atoms with Crippen LogP contribution in [0.1, 0.15) is 18.4 Å². The lowest BCUT2D eigenvalue weighted by Gasteiger charge is -2.31.